The van der Waals surface area contributed by atoms with Gasteiger partial charge in [-0.05, 0) is 13.3 Å². The van der Waals surface area contributed by atoms with E-state index in [4.69, 9.17) is 4.74 Å². The van der Waals surface area contributed by atoms with Crippen molar-refractivity contribution in [3.8, 4) is 0 Å². The number of hydrogen-bond donors (Lipinski definition) is 1. The van der Waals surface area contributed by atoms with E-state index in [0.717, 1.165) is 32.7 Å². The molecule has 0 spiro atoms. The Morgan fingerprint density at radius 1 is 1.62 bits per heavy atom. The van der Waals surface area contributed by atoms with Crippen LogP contribution >= 0.6 is 0 Å². The largest absolute Gasteiger partial charge is 0.383 e. The molecule has 0 saturated heterocycles. The molecule has 0 aromatic carbocycles. The van der Waals surface area contributed by atoms with Crippen LogP contribution in [0.15, 0.2) is 18.9 Å². The van der Waals surface area contributed by atoms with Crippen LogP contribution in [-0.2, 0) is 17.8 Å². The molecular formula is C12H21N3O. The molecule has 1 heterocycles. The second-order valence-electron chi connectivity index (χ2n) is 3.73. The van der Waals surface area contributed by atoms with Crippen LogP contribution in [0, 0.1) is 6.92 Å². The van der Waals surface area contributed by atoms with Crippen molar-refractivity contribution in [2.24, 2.45) is 0 Å². The van der Waals surface area contributed by atoms with Crippen molar-refractivity contribution in [3.63, 3.8) is 0 Å². The SMILES string of the molecule is C=CCCn1ncc(CNCCOC)c1C. The van der Waals surface area contributed by atoms with Crippen LogP contribution in [0.2, 0.25) is 0 Å². The lowest BCUT2D eigenvalue weighted by atomic mass is 10.2. The quantitative estimate of drug-likeness (QED) is 0.536. The lowest BCUT2D eigenvalue weighted by Crippen LogP contribution is -2.18. The first-order valence-corrected chi connectivity index (χ1v) is 5.61. The van der Waals surface area contributed by atoms with Crippen LogP contribution in [0.25, 0.3) is 0 Å². The van der Waals surface area contributed by atoms with E-state index in [1.54, 1.807) is 7.11 Å². The molecule has 1 aromatic heterocycles. The summed E-state index contributed by atoms with van der Waals surface area (Å²) >= 11 is 0. The molecule has 0 aliphatic heterocycles. The summed E-state index contributed by atoms with van der Waals surface area (Å²) in [4.78, 5) is 0. The first kappa shape index (κ1) is 12.9. The van der Waals surface area contributed by atoms with E-state index in [0.29, 0.717) is 0 Å². The summed E-state index contributed by atoms with van der Waals surface area (Å²) in [7, 11) is 1.71. The third-order valence-corrected chi connectivity index (χ3v) is 2.55. The lowest BCUT2D eigenvalue weighted by Gasteiger charge is -2.05. The molecule has 0 unspecified atom stereocenters. The molecule has 4 heteroatoms. The predicted octanol–water partition coefficient (Wildman–Crippen LogP) is 1.50. The van der Waals surface area contributed by atoms with Gasteiger partial charge in [0.05, 0.1) is 12.8 Å². The Balaban J connectivity index is 2.41. The zero-order valence-corrected chi connectivity index (χ0v) is 10.2. The molecule has 0 atom stereocenters. The van der Waals surface area contributed by atoms with Gasteiger partial charge in [0.1, 0.15) is 0 Å². The van der Waals surface area contributed by atoms with Crippen molar-refractivity contribution < 1.29 is 4.74 Å². The van der Waals surface area contributed by atoms with E-state index in [1.165, 1.54) is 11.3 Å². The van der Waals surface area contributed by atoms with Crippen molar-refractivity contribution in [3.05, 3.63) is 30.1 Å². The van der Waals surface area contributed by atoms with Crippen molar-refractivity contribution in [1.29, 1.82) is 0 Å². The van der Waals surface area contributed by atoms with Gasteiger partial charge in [-0.2, -0.15) is 5.10 Å². The number of allylic oxidation sites excluding steroid dienone is 1. The molecule has 4 nitrogen and oxygen atoms in total. The zero-order valence-electron chi connectivity index (χ0n) is 10.2. The fourth-order valence-corrected chi connectivity index (χ4v) is 1.50. The van der Waals surface area contributed by atoms with Gasteiger partial charge < -0.3 is 10.1 Å². The second kappa shape index (κ2) is 7.19. The molecular weight excluding hydrogens is 202 g/mol. The number of nitrogens with one attached hydrogen (secondary N) is 1. The summed E-state index contributed by atoms with van der Waals surface area (Å²) in [6.07, 6.45) is 4.80. The third-order valence-electron chi connectivity index (χ3n) is 2.55. The van der Waals surface area contributed by atoms with Gasteiger partial charge in [-0.3, -0.25) is 4.68 Å². The van der Waals surface area contributed by atoms with Crippen LogP contribution in [0.4, 0.5) is 0 Å². The summed E-state index contributed by atoms with van der Waals surface area (Å²) in [5.41, 5.74) is 2.48. The van der Waals surface area contributed by atoms with Gasteiger partial charge in [0.2, 0.25) is 0 Å². The van der Waals surface area contributed by atoms with Crippen LogP contribution < -0.4 is 5.32 Å². The topological polar surface area (TPSA) is 39.1 Å². The normalized spacial score (nSPS) is 10.6. The Hall–Kier alpha value is -1.13. The molecule has 1 N–H and O–H groups in total. The Bertz CT molecular complexity index is 320. The molecule has 1 rings (SSSR count). The first-order chi connectivity index (χ1) is 7.79. The average Bonchev–Trinajstić information content (AvgIpc) is 2.64. The number of ether oxygens (including phenoxy) is 1. The van der Waals surface area contributed by atoms with Crippen LogP contribution in [0.1, 0.15) is 17.7 Å². The minimum absolute atomic E-state index is 0.740. The van der Waals surface area contributed by atoms with Gasteiger partial charge in [0.15, 0.2) is 0 Å². The summed E-state index contributed by atoms with van der Waals surface area (Å²) in [6.45, 7) is 9.18. The van der Waals surface area contributed by atoms with Crippen molar-refractivity contribution >= 4 is 0 Å². The van der Waals surface area contributed by atoms with Gasteiger partial charge in [0.25, 0.3) is 0 Å². The van der Waals surface area contributed by atoms with E-state index < -0.39 is 0 Å². The Kier molecular flexibility index (Phi) is 5.82. The number of methoxy groups -OCH3 is 1. The van der Waals surface area contributed by atoms with Crippen LogP contribution in [-0.4, -0.2) is 30.0 Å². The van der Waals surface area contributed by atoms with Crippen LogP contribution in [0.5, 0.6) is 0 Å². The third kappa shape index (κ3) is 3.79. The summed E-state index contributed by atoms with van der Waals surface area (Å²) in [5, 5.41) is 7.66. The fourth-order valence-electron chi connectivity index (χ4n) is 1.50. The highest BCUT2D eigenvalue weighted by Gasteiger charge is 2.04. The van der Waals surface area contributed by atoms with Gasteiger partial charge in [-0.15, -0.1) is 6.58 Å². The monoisotopic (exact) mass is 223 g/mol. The number of rotatable bonds is 8. The first-order valence-electron chi connectivity index (χ1n) is 5.61. The zero-order chi connectivity index (χ0) is 11.8. The van der Waals surface area contributed by atoms with Gasteiger partial charge in [-0.1, -0.05) is 6.08 Å². The fraction of sp³-hybridized carbons (Fsp3) is 0.583. The summed E-state index contributed by atoms with van der Waals surface area (Å²) in [6, 6.07) is 0. The maximum atomic E-state index is 4.97. The average molecular weight is 223 g/mol. The minimum atomic E-state index is 0.740. The molecule has 1 aromatic rings. The van der Waals surface area contributed by atoms with E-state index in [2.05, 4.69) is 23.9 Å². The van der Waals surface area contributed by atoms with E-state index in [9.17, 15) is 0 Å². The summed E-state index contributed by atoms with van der Waals surface area (Å²) < 4.78 is 7.00. The maximum absolute atomic E-state index is 4.97. The Morgan fingerprint density at radius 3 is 3.12 bits per heavy atom. The van der Waals surface area contributed by atoms with Crippen molar-refractivity contribution in [2.45, 2.75) is 26.4 Å². The van der Waals surface area contributed by atoms with E-state index in [1.807, 2.05) is 17.0 Å². The smallest absolute Gasteiger partial charge is 0.0587 e. The number of nitrogens with zero attached hydrogens (tertiary/aromatic N) is 2. The van der Waals surface area contributed by atoms with Crippen molar-refractivity contribution in [2.75, 3.05) is 20.3 Å². The highest BCUT2D eigenvalue weighted by atomic mass is 16.5. The minimum Gasteiger partial charge on any atom is -0.383 e. The van der Waals surface area contributed by atoms with E-state index >= 15 is 0 Å². The lowest BCUT2D eigenvalue weighted by molar-refractivity contribution is 0.199. The predicted molar refractivity (Wildman–Crippen MR) is 65.4 cm³/mol. The molecule has 0 bridgehead atoms. The van der Waals surface area contributed by atoms with E-state index in [-0.39, 0.29) is 0 Å². The molecule has 0 saturated carbocycles. The van der Waals surface area contributed by atoms with Crippen LogP contribution in [0.3, 0.4) is 0 Å². The highest BCUT2D eigenvalue weighted by molar-refractivity contribution is 5.15. The Morgan fingerprint density at radius 2 is 2.44 bits per heavy atom. The van der Waals surface area contributed by atoms with Gasteiger partial charge >= 0.3 is 0 Å². The van der Waals surface area contributed by atoms with Gasteiger partial charge in [0, 0.05) is 38.0 Å². The number of aryl methyl sites for hydroxylation is 1. The van der Waals surface area contributed by atoms with Crippen molar-refractivity contribution in [1.82, 2.24) is 15.1 Å². The molecule has 0 radical (unpaired) electrons. The molecule has 0 aliphatic rings. The number of aromatic nitrogens is 2. The number of hydrogen-bond acceptors (Lipinski definition) is 3. The molecule has 0 amide bonds. The second-order valence-corrected chi connectivity index (χ2v) is 3.73. The highest BCUT2D eigenvalue weighted by Crippen LogP contribution is 2.07. The molecule has 0 aliphatic carbocycles. The molecule has 90 valence electrons. The standard InChI is InChI=1S/C12H21N3O/c1-4-5-7-15-11(2)12(10-14-15)9-13-6-8-16-3/h4,10,13H,1,5-9H2,2-3H3. The van der Waals surface area contributed by atoms with Gasteiger partial charge in [-0.25, -0.2) is 0 Å². The molecule has 0 fully saturated rings. The summed E-state index contributed by atoms with van der Waals surface area (Å²) in [5.74, 6) is 0. The maximum Gasteiger partial charge on any atom is 0.0587 e. The Labute approximate surface area is 97.3 Å². The molecule has 16 heavy (non-hydrogen) atoms.